The van der Waals surface area contributed by atoms with Crippen LogP contribution in [0.25, 0.3) is 0 Å². The zero-order valence-corrected chi connectivity index (χ0v) is 13.4. The van der Waals surface area contributed by atoms with Crippen molar-refractivity contribution in [1.82, 2.24) is 5.32 Å². The van der Waals surface area contributed by atoms with Gasteiger partial charge in [-0.05, 0) is 24.3 Å². The predicted octanol–water partition coefficient (Wildman–Crippen LogP) is 2.81. The van der Waals surface area contributed by atoms with Gasteiger partial charge in [0.1, 0.15) is 6.61 Å². The number of carbonyl (C=O) groups is 1. The first-order valence-corrected chi connectivity index (χ1v) is 8.16. The Kier molecular flexibility index (Phi) is 6.30. The molecule has 1 atom stereocenters. The van der Waals surface area contributed by atoms with Crippen LogP contribution >= 0.6 is 11.6 Å². The second-order valence-electron chi connectivity index (χ2n) is 5.61. The third-order valence-electron chi connectivity index (χ3n) is 4.23. The molecule has 0 aliphatic heterocycles. The summed E-state index contributed by atoms with van der Waals surface area (Å²) in [6.45, 7) is -0.00336. The topological polar surface area (TPSA) is 49.3 Å². The zero-order chi connectivity index (χ0) is 15.8. The largest absolute Gasteiger partial charge is 0.384 e. The molecule has 0 aromatic heterocycles. The summed E-state index contributed by atoms with van der Waals surface area (Å²) < 4.78 is 0. The fourth-order valence-corrected chi connectivity index (χ4v) is 3.52. The van der Waals surface area contributed by atoms with Crippen LogP contribution < -0.4 is 5.32 Å². The zero-order valence-electron chi connectivity index (χ0n) is 12.6. The van der Waals surface area contributed by atoms with Crippen molar-refractivity contribution in [3.63, 3.8) is 0 Å². The summed E-state index contributed by atoms with van der Waals surface area (Å²) in [5.41, 5.74) is 0.844. The Balaban J connectivity index is 2.22. The van der Waals surface area contributed by atoms with Crippen LogP contribution in [0.1, 0.15) is 37.7 Å². The lowest BCUT2D eigenvalue weighted by Crippen LogP contribution is -2.46. The Bertz CT molecular complexity index is 543. The predicted molar refractivity (Wildman–Crippen MR) is 88.4 cm³/mol. The molecule has 0 spiro atoms. The SMILES string of the molecule is O=C(NCC#CCO)C(Cl)(c1ccccc1)C1CCCCC1. The lowest BCUT2D eigenvalue weighted by Gasteiger charge is -2.36. The maximum Gasteiger partial charge on any atom is 0.246 e. The molecule has 0 heterocycles. The molecule has 3 nitrogen and oxygen atoms in total. The highest BCUT2D eigenvalue weighted by Crippen LogP contribution is 2.44. The van der Waals surface area contributed by atoms with Gasteiger partial charge in [-0.2, -0.15) is 0 Å². The molecule has 2 N–H and O–H groups in total. The minimum absolute atomic E-state index is 0.135. The number of carbonyl (C=O) groups excluding carboxylic acids is 1. The summed E-state index contributed by atoms with van der Waals surface area (Å²) in [5.74, 6) is 5.16. The first-order valence-electron chi connectivity index (χ1n) is 7.79. The summed E-state index contributed by atoms with van der Waals surface area (Å²) in [7, 11) is 0. The second-order valence-corrected chi connectivity index (χ2v) is 6.20. The number of aliphatic hydroxyl groups is 1. The third kappa shape index (κ3) is 3.82. The summed E-state index contributed by atoms with van der Waals surface area (Å²) in [4.78, 5) is 11.7. The molecule has 2 rings (SSSR count). The van der Waals surface area contributed by atoms with E-state index in [1.54, 1.807) is 0 Å². The number of alkyl halides is 1. The van der Waals surface area contributed by atoms with Crippen molar-refractivity contribution in [3.8, 4) is 11.8 Å². The molecular formula is C18H22ClNO2. The van der Waals surface area contributed by atoms with Crippen molar-refractivity contribution in [2.75, 3.05) is 13.2 Å². The fraction of sp³-hybridized carbons (Fsp3) is 0.500. The van der Waals surface area contributed by atoms with Gasteiger partial charge in [0.25, 0.3) is 0 Å². The quantitative estimate of drug-likeness (QED) is 0.662. The molecule has 4 heteroatoms. The summed E-state index contributed by atoms with van der Waals surface area (Å²) in [6, 6.07) is 9.58. The Hall–Kier alpha value is -1.50. The second kappa shape index (κ2) is 8.22. The summed E-state index contributed by atoms with van der Waals surface area (Å²) in [5, 5.41) is 11.5. The monoisotopic (exact) mass is 319 g/mol. The molecule has 1 aromatic carbocycles. The van der Waals surface area contributed by atoms with E-state index in [0.29, 0.717) is 0 Å². The maximum atomic E-state index is 12.8. The molecule has 1 aliphatic rings. The number of rotatable bonds is 4. The maximum absolute atomic E-state index is 12.8. The number of aliphatic hydroxyl groups excluding tert-OH is 1. The number of halogens is 1. The van der Waals surface area contributed by atoms with Crippen molar-refractivity contribution >= 4 is 17.5 Å². The van der Waals surface area contributed by atoms with Crippen LogP contribution in [-0.2, 0) is 9.67 Å². The van der Waals surface area contributed by atoms with Crippen LogP contribution in [0.3, 0.4) is 0 Å². The number of benzene rings is 1. The molecule has 1 unspecified atom stereocenters. The van der Waals surface area contributed by atoms with Gasteiger partial charge < -0.3 is 10.4 Å². The van der Waals surface area contributed by atoms with Crippen molar-refractivity contribution in [2.45, 2.75) is 37.0 Å². The normalized spacial score (nSPS) is 17.9. The van der Waals surface area contributed by atoms with E-state index >= 15 is 0 Å². The van der Waals surface area contributed by atoms with Crippen LogP contribution in [0.2, 0.25) is 0 Å². The lowest BCUT2D eigenvalue weighted by atomic mass is 9.75. The highest BCUT2D eigenvalue weighted by Gasteiger charge is 2.45. The minimum Gasteiger partial charge on any atom is -0.384 e. The summed E-state index contributed by atoms with van der Waals surface area (Å²) >= 11 is 6.90. The first-order chi connectivity index (χ1) is 10.7. The molecule has 1 saturated carbocycles. The average Bonchev–Trinajstić information content (AvgIpc) is 2.59. The van der Waals surface area contributed by atoms with Crippen molar-refractivity contribution < 1.29 is 9.90 Å². The van der Waals surface area contributed by atoms with Crippen LogP contribution in [0, 0.1) is 17.8 Å². The van der Waals surface area contributed by atoms with Gasteiger partial charge >= 0.3 is 0 Å². The number of hydrogen-bond donors (Lipinski definition) is 2. The van der Waals surface area contributed by atoms with Gasteiger partial charge in [-0.3, -0.25) is 4.79 Å². The molecule has 22 heavy (non-hydrogen) atoms. The standard InChI is InChI=1S/C18H22ClNO2/c19-18(15-9-3-1-4-10-15,16-11-5-2-6-12-16)17(22)20-13-7-8-14-21/h1,3-4,9-10,16,21H,2,5-6,11-14H2,(H,20,22). The van der Waals surface area contributed by atoms with Crippen LogP contribution in [0.5, 0.6) is 0 Å². The molecule has 0 radical (unpaired) electrons. The van der Waals surface area contributed by atoms with Crippen molar-refractivity contribution in [2.24, 2.45) is 5.92 Å². The Labute approximate surface area is 137 Å². The van der Waals surface area contributed by atoms with E-state index in [-0.39, 0.29) is 25.0 Å². The van der Waals surface area contributed by atoms with E-state index in [2.05, 4.69) is 17.2 Å². The highest BCUT2D eigenvalue weighted by atomic mass is 35.5. The number of hydrogen-bond acceptors (Lipinski definition) is 2. The molecule has 1 amide bonds. The Morgan fingerprint density at radius 3 is 2.55 bits per heavy atom. The average molecular weight is 320 g/mol. The third-order valence-corrected chi connectivity index (χ3v) is 4.93. The van der Waals surface area contributed by atoms with E-state index in [1.165, 1.54) is 6.42 Å². The van der Waals surface area contributed by atoms with Crippen LogP contribution in [0.15, 0.2) is 30.3 Å². The lowest BCUT2D eigenvalue weighted by molar-refractivity contribution is -0.125. The molecular weight excluding hydrogens is 298 g/mol. The van der Waals surface area contributed by atoms with Gasteiger partial charge in [0.2, 0.25) is 5.91 Å². The molecule has 1 aromatic rings. The summed E-state index contributed by atoms with van der Waals surface area (Å²) in [6.07, 6.45) is 5.37. The van der Waals surface area contributed by atoms with Crippen molar-refractivity contribution in [1.29, 1.82) is 0 Å². The van der Waals surface area contributed by atoms with Crippen LogP contribution in [-0.4, -0.2) is 24.2 Å². The molecule has 1 aliphatic carbocycles. The molecule has 0 bridgehead atoms. The minimum atomic E-state index is -1.04. The van der Waals surface area contributed by atoms with Crippen LogP contribution in [0.4, 0.5) is 0 Å². The van der Waals surface area contributed by atoms with E-state index < -0.39 is 4.87 Å². The molecule has 0 saturated heterocycles. The van der Waals surface area contributed by atoms with Gasteiger partial charge in [0.05, 0.1) is 6.54 Å². The highest BCUT2D eigenvalue weighted by molar-refractivity contribution is 6.35. The van der Waals surface area contributed by atoms with Gasteiger partial charge in [-0.1, -0.05) is 61.4 Å². The molecule has 1 fully saturated rings. The molecule has 118 valence electrons. The van der Waals surface area contributed by atoms with Crippen molar-refractivity contribution in [3.05, 3.63) is 35.9 Å². The van der Waals surface area contributed by atoms with Gasteiger partial charge in [-0.15, -0.1) is 11.6 Å². The first kappa shape index (κ1) is 16.9. The van der Waals surface area contributed by atoms with Gasteiger partial charge in [-0.25, -0.2) is 0 Å². The van der Waals surface area contributed by atoms with E-state index in [0.717, 1.165) is 31.2 Å². The Morgan fingerprint density at radius 2 is 1.91 bits per heavy atom. The van der Waals surface area contributed by atoms with E-state index in [9.17, 15) is 4.79 Å². The van der Waals surface area contributed by atoms with Gasteiger partial charge in [0.15, 0.2) is 4.87 Å². The smallest absolute Gasteiger partial charge is 0.246 e. The van der Waals surface area contributed by atoms with Gasteiger partial charge in [0, 0.05) is 0 Å². The Morgan fingerprint density at radius 1 is 1.23 bits per heavy atom. The fourth-order valence-electron chi connectivity index (χ4n) is 3.10. The number of amides is 1. The van der Waals surface area contributed by atoms with E-state index in [1.807, 2.05) is 30.3 Å². The number of nitrogens with one attached hydrogen (secondary N) is 1. The van der Waals surface area contributed by atoms with E-state index in [4.69, 9.17) is 16.7 Å².